The number of nitrogens with zero attached hydrogens (tertiary/aromatic N) is 5. The van der Waals surface area contributed by atoms with Crippen LogP contribution in [0.3, 0.4) is 0 Å². The molecule has 0 aliphatic carbocycles. The van der Waals surface area contributed by atoms with E-state index in [9.17, 15) is 9.90 Å². The van der Waals surface area contributed by atoms with Crippen molar-refractivity contribution in [2.75, 3.05) is 56.2 Å². The highest BCUT2D eigenvalue weighted by Crippen LogP contribution is 2.35. The first kappa shape index (κ1) is 27.7. The topological polar surface area (TPSA) is 94.1 Å². The maximum atomic E-state index is 13.5. The highest BCUT2D eigenvalue weighted by molar-refractivity contribution is 5.90. The average Bonchev–Trinajstić information content (AvgIpc) is 3.72. The zero-order chi connectivity index (χ0) is 28.0. The van der Waals surface area contributed by atoms with Gasteiger partial charge in [0.1, 0.15) is 12.1 Å². The minimum absolute atomic E-state index is 0.0863. The number of aliphatic hydroxyl groups is 1. The summed E-state index contributed by atoms with van der Waals surface area (Å²) in [6.45, 7) is 5.75. The second-order valence-electron chi connectivity index (χ2n) is 11.5. The lowest BCUT2D eigenvalue weighted by Crippen LogP contribution is -2.41. The van der Waals surface area contributed by atoms with Crippen molar-refractivity contribution in [1.29, 1.82) is 0 Å². The average molecular weight is 559 g/mol. The van der Waals surface area contributed by atoms with Crippen molar-refractivity contribution in [3.05, 3.63) is 54.5 Å². The van der Waals surface area contributed by atoms with E-state index >= 15 is 0 Å². The van der Waals surface area contributed by atoms with Crippen molar-refractivity contribution in [2.24, 2.45) is 0 Å². The Labute approximate surface area is 242 Å². The molecule has 2 N–H and O–H groups in total. The molecule has 0 spiro atoms. The number of urea groups is 1. The Balaban J connectivity index is 1.10. The first-order chi connectivity index (χ1) is 20.2. The molecule has 41 heavy (non-hydrogen) atoms. The fraction of sp³-hybridized carbons (Fsp3) is 0.531. The number of aromatic nitrogens is 2. The number of ether oxygens (including phenoxy) is 1. The highest BCUT2D eigenvalue weighted by atomic mass is 16.5. The van der Waals surface area contributed by atoms with Gasteiger partial charge in [-0.15, -0.1) is 0 Å². The monoisotopic (exact) mass is 558 g/mol. The van der Waals surface area contributed by atoms with E-state index in [1.807, 2.05) is 35.2 Å². The SMILES string of the molecule is O=C(Nc1ccc(N2CCCC2)cc1)N1CCCCC1c1ncnc2cc(OCCCN3CCCC3CO)ccc12. The number of likely N-dealkylation sites (tertiary alicyclic amines) is 2. The van der Waals surface area contributed by atoms with Crippen LogP contribution in [0.4, 0.5) is 16.2 Å². The second kappa shape index (κ2) is 13.0. The number of fused-ring (bicyclic) bond motifs is 1. The fourth-order valence-electron chi connectivity index (χ4n) is 6.65. The van der Waals surface area contributed by atoms with E-state index < -0.39 is 0 Å². The summed E-state index contributed by atoms with van der Waals surface area (Å²) >= 11 is 0. The van der Waals surface area contributed by atoms with Crippen LogP contribution in [0.1, 0.15) is 63.1 Å². The molecule has 2 aromatic carbocycles. The Bertz CT molecular complexity index is 1310. The lowest BCUT2D eigenvalue weighted by Gasteiger charge is -2.35. The first-order valence-corrected chi connectivity index (χ1v) is 15.3. The highest BCUT2D eigenvalue weighted by Gasteiger charge is 2.30. The van der Waals surface area contributed by atoms with E-state index in [-0.39, 0.29) is 18.7 Å². The van der Waals surface area contributed by atoms with E-state index in [2.05, 4.69) is 37.2 Å². The van der Waals surface area contributed by atoms with Gasteiger partial charge in [0.25, 0.3) is 0 Å². The molecular formula is C32H42N6O3. The Kier molecular flexibility index (Phi) is 8.82. The molecule has 9 heteroatoms. The van der Waals surface area contributed by atoms with Crippen molar-refractivity contribution < 1.29 is 14.6 Å². The molecule has 3 aromatic rings. The molecule has 4 heterocycles. The van der Waals surface area contributed by atoms with Gasteiger partial charge in [-0.3, -0.25) is 4.90 Å². The molecule has 1 aromatic heterocycles. The smallest absolute Gasteiger partial charge is 0.322 e. The number of amides is 2. The molecule has 3 aliphatic heterocycles. The van der Waals surface area contributed by atoms with Crippen LogP contribution in [0.5, 0.6) is 5.75 Å². The van der Waals surface area contributed by atoms with Gasteiger partial charge in [0.05, 0.1) is 30.5 Å². The van der Waals surface area contributed by atoms with Crippen molar-refractivity contribution in [3.8, 4) is 5.75 Å². The van der Waals surface area contributed by atoms with Crippen LogP contribution in [-0.4, -0.2) is 82.9 Å². The number of carbonyl (C=O) groups is 1. The molecule has 2 atom stereocenters. The molecule has 2 amide bonds. The fourth-order valence-corrected chi connectivity index (χ4v) is 6.65. The van der Waals surface area contributed by atoms with Crippen LogP contribution in [-0.2, 0) is 0 Å². The molecule has 0 saturated carbocycles. The number of rotatable bonds is 9. The van der Waals surface area contributed by atoms with Crippen molar-refractivity contribution in [2.45, 2.75) is 63.5 Å². The van der Waals surface area contributed by atoms with Crippen LogP contribution < -0.4 is 15.0 Å². The number of piperidine rings is 1. The number of aliphatic hydroxyl groups excluding tert-OH is 1. The van der Waals surface area contributed by atoms with E-state index in [1.165, 1.54) is 18.5 Å². The Morgan fingerprint density at radius 3 is 2.61 bits per heavy atom. The van der Waals surface area contributed by atoms with Gasteiger partial charge in [-0.05, 0) is 94.3 Å². The zero-order valence-electron chi connectivity index (χ0n) is 23.9. The molecule has 2 unspecified atom stereocenters. The lowest BCUT2D eigenvalue weighted by atomic mass is 9.96. The summed E-state index contributed by atoms with van der Waals surface area (Å²) in [5.41, 5.74) is 3.75. The molecule has 3 aliphatic rings. The third-order valence-electron chi connectivity index (χ3n) is 8.88. The second-order valence-corrected chi connectivity index (χ2v) is 11.5. The Hall–Kier alpha value is -3.43. The Morgan fingerprint density at radius 2 is 1.78 bits per heavy atom. The molecule has 0 bridgehead atoms. The maximum Gasteiger partial charge on any atom is 0.322 e. The van der Waals surface area contributed by atoms with Gasteiger partial charge in [0.2, 0.25) is 0 Å². The normalized spacial score (nSPS) is 21.5. The molecule has 6 rings (SSSR count). The predicted molar refractivity (Wildman–Crippen MR) is 162 cm³/mol. The third kappa shape index (κ3) is 6.41. The lowest BCUT2D eigenvalue weighted by molar-refractivity contribution is 0.150. The minimum Gasteiger partial charge on any atom is -0.493 e. The number of hydrogen-bond acceptors (Lipinski definition) is 7. The summed E-state index contributed by atoms with van der Waals surface area (Å²) in [5.74, 6) is 0.790. The number of anilines is 2. The van der Waals surface area contributed by atoms with Gasteiger partial charge in [-0.2, -0.15) is 0 Å². The van der Waals surface area contributed by atoms with Crippen LogP contribution in [0, 0.1) is 0 Å². The maximum absolute atomic E-state index is 13.5. The molecule has 9 nitrogen and oxygen atoms in total. The largest absolute Gasteiger partial charge is 0.493 e. The summed E-state index contributed by atoms with van der Waals surface area (Å²) in [6, 6.07) is 14.3. The van der Waals surface area contributed by atoms with E-state index in [4.69, 9.17) is 4.74 Å². The summed E-state index contributed by atoms with van der Waals surface area (Å²) < 4.78 is 6.07. The molecule has 218 valence electrons. The number of nitrogens with one attached hydrogen (secondary N) is 1. The summed E-state index contributed by atoms with van der Waals surface area (Å²) in [5, 5.41) is 13.6. The van der Waals surface area contributed by atoms with Crippen LogP contribution >= 0.6 is 0 Å². The van der Waals surface area contributed by atoms with E-state index in [0.717, 1.165) is 92.7 Å². The quantitative estimate of drug-likeness (QED) is 0.348. The standard InChI is InChI=1S/C32H42N6O3/c39-22-26-7-5-17-37(26)18-6-20-41-27-13-14-28-29(21-27)33-23-34-31(28)30-8-1-2-19-38(30)32(40)35-24-9-11-25(12-10-24)36-15-3-4-16-36/h9-14,21,23,26,30,39H,1-8,15-20,22H2,(H,35,40). The first-order valence-electron chi connectivity index (χ1n) is 15.3. The van der Waals surface area contributed by atoms with Crippen molar-refractivity contribution in [3.63, 3.8) is 0 Å². The number of carbonyl (C=O) groups excluding carboxylic acids is 1. The summed E-state index contributed by atoms with van der Waals surface area (Å²) in [4.78, 5) is 29.4. The van der Waals surface area contributed by atoms with Gasteiger partial charge in [-0.1, -0.05) is 0 Å². The third-order valence-corrected chi connectivity index (χ3v) is 8.88. The van der Waals surface area contributed by atoms with E-state index in [0.29, 0.717) is 19.2 Å². The van der Waals surface area contributed by atoms with Crippen molar-refractivity contribution >= 4 is 28.3 Å². The van der Waals surface area contributed by atoms with Gasteiger partial charge in [0, 0.05) is 55.0 Å². The number of hydrogen-bond donors (Lipinski definition) is 2. The van der Waals surface area contributed by atoms with Crippen LogP contribution in [0.25, 0.3) is 10.9 Å². The summed E-state index contributed by atoms with van der Waals surface area (Å²) in [6.07, 6.45) is 10.1. The van der Waals surface area contributed by atoms with Crippen molar-refractivity contribution in [1.82, 2.24) is 19.8 Å². The zero-order valence-corrected chi connectivity index (χ0v) is 23.9. The van der Waals surface area contributed by atoms with Gasteiger partial charge < -0.3 is 25.0 Å². The van der Waals surface area contributed by atoms with E-state index in [1.54, 1.807) is 6.33 Å². The predicted octanol–water partition coefficient (Wildman–Crippen LogP) is 5.21. The Morgan fingerprint density at radius 1 is 0.951 bits per heavy atom. The molecule has 3 saturated heterocycles. The molecule has 3 fully saturated rings. The van der Waals surface area contributed by atoms with Gasteiger partial charge in [-0.25, -0.2) is 14.8 Å². The van der Waals surface area contributed by atoms with Crippen LogP contribution in [0.2, 0.25) is 0 Å². The van der Waals surface area contributed by atoms with Gasteiger partial charge in [0.15, 0.2) is 0 Å². The molecular weight excluding hydrogens is 516 g/mol. The van der Waals surface area contributed by atoms with Gasteiger partial charge >= 0.3 is 6.03 Å². The number of benzene rings is 2. The van der Waals surface area contributed by atoms with Crippen LogP contribution in [0.15, 0.2) is 48.8 Å². The summed E-state index contributed by atoms with van der Waals surface area (Å²) in [7, 11) is 0. The molecule has 0 radical (unpaired) electrons. The minimum atomic E-state index is -0.107.